The van der Waals surface area contributed by atoms with E-state index in [1.807, 2.05) is 0 Å². The van der Waals surface area contributed by atoms with Crippen molar-refractivity contribution in [2.75, 3.05) is 12.3 Å². The molecule has 1 aliphatic rings. The first-order valence-corrected chi connectivity index (χ1v) is 6.02. The molecule has 1 aliphatic heterocycles. The molecule has 0 amide bonds. The molecule has 0 aromatic rings. The van der Waals surface area contributed by atoms with Gasteiger partial charge in [-0.1, -0.05) is 12.8 Å². The van der Waals surface area contributed by atoms with E-state index in [1.54, 1.807) is 0 Å². The fourth-order valence-electron chi connectivity index (χ4n) is 1.64. The number of hydrogen-bond donors (Lipinski definition) is 1. The topological polar surface area (TPSA) is 12.0 Å². The predicted octanol–water partition coefficient (Wildman–Crippen LogP) is 2.27. The van der Waals surface area contributed by atoms with E-state index in [4.69, 9.17) is 6.42 Å². The zero-order valence-electron chi connectivity index (χ0n) is 8.60. The highest BCUT2D eigenvalue weighted by atomic mass is 32.2. The van der Waals surface area contributed by atoms with Crippen LogP contribution in [0.5, 0.6) is 0 Å². The van der Waals surface area contributed by atoms with Gasteiger partial charge in [0.05, 0.1) is 6.04 Å². The van der Waals surface area contributed by atoms with Crippen molar-refractivity contribution in [3.8, 4) is 12.3 Å². The van der Waals surface area contributed by atoms with Crippen molar-refractivity contribution < 1.29 is 0 Å². The quantitative estimate of drug-likeness (QED) is 0.694. The molecule has 13 heavy (non-hydrogen) atoms. The summed E-state index contributed by atoms with van der Waals surface area (Å²) < 4.78 is 0.435. The third-order valence-electron chi connectivity index (χ3n) is 2.63. The minimum atomic E-state index is 0.262. The summed E-state index contributed by atoms with van der Waals surface area (Å²) in [5.41, 5.74) is 0. The van der Waals surface area contributed by atoms with E-state index in [0.717, 1.165) is 13.0 Å². The molecule has 2 unspecified atom stereocenters. The lowest BCUT2D eigenvalue weighted by molar-refractivity contribution is 0.502. The first-order chi connectivity index (χ1) is 6.20. The predicted molar refractivity (Wildman–Crippen MR) is 61.0 cm³/mol. The Labute approximate surface area is 86.1 Å². The maximum atomic E-state index is 5.39. The summed E-state index contributed by atoms with van der Waals surface area (Å²) in [5.74, 6) is 4.08. The maximum Gasteiger partial charge on any atom is 0.0684 e. The Morgan fingerprint density at radius 1 is 1.69 bits per heavy atom. The van der Waals surface area contributed by atoms with Gasteiger partial charge in [0.25, 0.3) is 0 Å². The van der Waals surface area contributed by atoms with Gasteiger partial charge in [0, 0.05) is 11.3 Å². The molecule has 0 aliphatic carbocycles. The molecule has 0 aromatic carbocycles. The third-order valence-corrected chi connectivity index (χ3v) is 4.17. The van der Waals surface area contributed by atoms with Crippen LogP contribution >= 0.6 is 11.8 Å². The van der Waals surface area contributed by atoms with E-state index in [-0.39, 0.29) is 6.04 Å². The van der Waals surface area contributed by atoms with Crippen LogP contribution in [0.3, 0.4) is 0 Å². The van der Waals surface area contributed by atoms with Crippen molar-refractivity contribution in [1.29, 1.82) is 0 Å². The second-order valence-electron chi connectivity index (χ2n) is 3.91. The molecule has 74 valence electrons. The van der Waals surface area contributed by atoms with Gasteiger partial charge < -0.3 is 5.32 Å². The molecule has 0 aromatic heterocycles. The summed E-state index contributed by atoms with van der Waals surface area (Å²) >= 11 is 2.08. The molecule has 0 saturated carbocycles. The van der Waals surface area contributed by atoms with E-state index < -0.39 is 0 Å². The number of rotatable bonds is 4. The molecular weight excluding hydrogens is 178 g/mol. The summed E-state index contributed by atoms with van der Waals surface area (Å²) in [5, 5.41) is 3.44. The molecule has 0 spiro atoms. The highest BCUT2D eigenvalue weighted by molar-refractivity contribution is 8.00. The lowest BCUT2D eigenvalue weighted by atomic mass is 10.1. The van der Waals surface area contributed by atoms with Crippen LogP contribution < -0.4 is 5.32 Å². The van der Waals surface area contributed by atoms with Crippen LogP contribution in [-0.4, -0.2) is 23.1 Å². The highest BCUT2D eigenvalue weighted by Crippen LogP contribution is 2.36. The largest absolute Gasteiger partial charge is 0.302 e. The Morgan fingerprint density at radius 2 is 2.46 bits per heavy atom. The van der Waals surface area contributed by atoms with Gasteiger partial charge in [-0.25, -0.2) is 0 Å². The van der Waals surface area contributed by atoms with E-state index in [2.05, 4.69) is 36.8 Å². The normalized spacial score (nSPS) is 29.9. The van der Waals surface area contributed by atoms with Gasteiger partial charge in [-0.3, -0.25) is 0 Å². The highest BCUT2D eigenvalue weighted by Gasteiger charge is 2.29. The summed E-state index contributed by atoms with van der Waals surface area (Å²) in [6, 6.07) is 0.262. The van der Waals surface area contributed by atoms with E-state index in [9.17, 15) is 0 Å². The standard InChI is InChI=1S/C11H19NS/c1-4-10(5-2)12-9-11(3)7-6-8-13-11/h1,10,12H,5-9H2,2-3H3. The Hall–Kier alpha value is -0.130. The maximum absolute atomic E-state index is 5.39. The van der Waals surface area contributed by atoms with Crippen molar-refractivity contribution in [1.82, 2.24) is 5.32 Å². The van der Waals surface area contributed by atoms with Crippen molar-refractivity contribution in [3.05, 3.63) is 0 Å². The van der Waals surface area contributed by atoms with Gasteiger partial charge in [0.2, 0.25) is 0 Å². The lowest BCUT2D eigenvalue weighted by Gasteiger charge is -2.24. The molecule has 1 rings (SSSR count). The molecule has 1 N–H and O–H groups in total. The molecule has 0 radical (unpaired) electrons. The number of hydrogen-bond acceptors (Lipinski definition) is 2. The second kappa shape index (κ2) is 4.93. The first-order valence-electron chi connectivity index (χ1n) is 5.03. The molecule has 1 saturated heterocycles. The van der Waals surface area contributed by atoms with Gasteiger partial charge in [0.1, 0.15) is 0 Å². The molecule has 1 fully saturated rings. The lowest BCUT2D eigenvalue weighted by Crippen LogP contribution is -2.38. The van der Waals surface area contributed by atoms with Crippen LogP contribution in [0.15, 0.2) is 0 Å². The molecule has 1 nitrogen and oxygen atoms in total. The summed E-state index contributed by atoms with van der Waals surface area (Å²) in [6.45, 7) is 5.52. The Balaban J connectivity index is 2.28. The summed E-state index contributed by atoms with van der Waals surface area (Å²) in [6.07, 6.45) is 9.10. The Kier molecular flexibility index (Phi) is 4.15. The van der Waals surface area contributed by atoms with Gasteiger partial charge >= 0.3 is 0 Å². The van der Waals surface area contributed by atoms with Crippen LogP contribution in [0.2, 0.25) is 0 Å². The minimum absolute atomic E-state index is 0.262. The van der Waals surface area contributed by atoms with E-state index in [0.29, 0.717) is 4.75 Å². The van der Waals surface area contributed by atoms with Gasteiger partial charge in [-0.05, 0) is 31.9 Å². The van der Waals surface area contributed by atoms with Crippen LogP contribution in [-0.2, 0) is 0 Å². The number of thioether (sulfide) groups is 1. The van der Waals surface area contributed by atoms with Crippen molar-refractivity contribution in [2.24, 2.45) is 0 Å². The third kappa shape index (κ3) is 3.25. The molecule has 2 heteroatoms. The van der Waals surface area contributed by atoms with Crippen LogP contribution in [0.1, 0.15) is 33.1 Å². The average molecular weight is 197 g/mol. The van der Waals surface area contributed by atoms with Gasteiger partial charge in [0.15, 0.2) is 0 Å². The fraction of sp³-hybridized carbons (Fsp3) is 0.818. The summed E-state index contributed by atoms with van der Waals surface area (Å²) in [7, 11) is 0. The molecule has 2 atom stereocenters. The monoisotopic (exact) mass is 197 g/mol. The summed E-state index contributed by atoms with van der Waals surface area (Å²) in [4.78, 5) is 0. The van der Waals surface area contributed by atoms with Crippen molar-refractivity contribution in [2.45, 2.75) is 43.9 Å². The Bertz CT molecular complexity index is 189. The van der Waals surface area contributed by atoms with E-state index in [1.165, 1.54) is 18.6 Å². The number of nitrogens with one attached hydrogen (secondary N) is 1. The SMILES string of the molecule is C#CC(CC)NCC1(C)CCCS1. The van der Waals surface area contributed by atoms with E-state index >= 15 is 0 Å². The molecule has 0 bridgehead atoms. The zero-order chi connectivity index (χ0) is 9.73. The number of terminal acetylenes is 1. The minimum Gasteiger partial charge on any atom is -0.302 e. The fourth-order valence-corrected chi connectivity index (χ4v) is 2.89. The van der Waals surface area contributed by atoms with Gasteiger partial charge in [-0.2, -0.15) is 11.8 Å². The molecule has 1 heterocycles. The van der Waals surface area contributed by atoms with Crippen molar-refractivity contribution >= 4 is 11.8 Å². The average Bonchev–Trinajstić information content (AvgIpc) is 2.55. The van der Waals surface area contributed by atoms with Crippen LogP contribution in [0, 0.1) is 12.3 Å². The van der Waals surface area contributed by atoms with Crippen LogP contribution in [0.4, 0.5) is 0 Å². The smallest absolute Gasteiger partial charge is 0.0684 e. The Morgan fingerprint density at radius 3 is 2.92 bits per heavy atom. The molecular formula is C11H19NS. The van der Waals surface area contributed by atoms with Crippen molar-refractivity contribution in [3.63, 3.8) is 0 Å². The second-order valence-corrected chi connectivity index (χ2v) is 5.59. The van der Waals surface area contributed by atoms with Crippen LogP contribution in [0.25, 0.3) is 0 Å². The van der Waals surface area contributed by atoms with Gasteiger partial charge in [-0.15, -0.1) is 6.42 Å². The zero-order valence-corrected chi connectivity index (χ0v) is 9.41. The first kappa shape index (κ1) is 10.9.